The van der Waals surface area contributed by atoms with Crippen LogP contribution in [0.4, 0.5) is 0 Å². The molecule has 5 nitrogen and oxygen atoms in total. The number of ether oxygens (including phenoxy) is 1. The van der Waals surface area contributed by atoms with Crippen molar-refractivity contribution in [1.29, 1.82) is 0 Å². The lowest BCUT2D eigenvalue weighted by Crippen LogP contribution is -2.18. The van der Waals surface area contributed by atoms with Crippen LogP contribution in [0.2, 0.25) is 5.15 Å². The fourth-order valence-electron chi connectivity index (χ4n) is 2.04. The van der Waals surface area contributed by atoms with Crippen molar-refractivity contribution in [2.75, 3.05) is 13.2 Å². The number of fused-ring (bicyclic) bond motifs is 1. The third-order valence-corrected chi connectivity index (χ3v) is 3.09. The lowest BCUT2D eigenvalue weighted by Gasteiger charge is -2.20. The van der Waals surface area contributed by atoms with Gasteiger partial charge in [0, 0.05) is 12.5 Å². The number of hydrogen-bond donors (Lipinski definition) is 0. The lowest BCUT2D eigenvalue weighted by molar-refractivity contribution is 0.0778. The maximum atomic E-state index is 6.10. The first-order valence-corrected chi connectivity index (χ1v) is 5.66. The van der Waals surface area contributed by atoms with Crippen molar-refractivity contribution in [2.24, 2.45) is 0 Å². The van der Waals surface area contributed by atoms with Crippen molar-refractivity contribution in [3.63, 3.8) is 0 Å². The smallest absolute Gasteiger partial charge is 0.180 e. The summed E-state index contributed by atoms with van der Waals surface area (Å²) in [5.41, 5.74) is 0.688. The highest BCUT2D eigenvalue weighted by Gasteiger charge is 2.22. The molecule has 3 rings (SSSR count). The monoisotopic (exact) mass is 238 g/mol. The highest BCUT2D eigenvalue weighted by Crippen LogP contribution is 2.25. The van der Waals surface area contributed by atoms with Crippen molar-refractivity contribution in [3.05, 3.63) is 23.4 Å². The van der Waals surface area contributed by atoms with Crippen LogP contribution in [0.15, 0.2) is 12.4 Å². The minimum Gasteiger partial charge on any atom is -0.381 e. The number of rotatable bonds is 1. The van der Waals surface area contributed by atoms with Gasteiger partial charge >= 0.3 is 0 Å². The zero-order valence-electron chi connectivity index (χ0n) is 8.64. The fourth-order valence-corrected chi connectivity index (χ4v) is 2.27. The first-order chi connectivity index (χ1) is 7.86. The SMILES string of the molecule is Clc1cncc2nnc(C3CCCOC3)n12. The van der Waals surface area contributed by atoms with Crippen LogP contribution < -0.4 is 0 Å². The van der Waals surface area contributed by atoms with Gasteiger partial charge in [0.05, 0.1) is 19.0 Å². The Labute approximate surface area is 97.4 Å². The molecule has 16 heavy (non-hydrogen) atoms. The second kappa shape index (κ2) is 3.99. The lowest BCUT2D eigenvalue weighted by atomic mass is 10.0. The first kappa shape index (κ1) is 9.99. The molecule has 1 fully saturated rings. The van der Waals surface area contributed by atoms with Crippen molar-refractivity contribution in [3.8, 4) is 0 Å². The molecular formula is C10H11ClN4O. The molecule has 1 aliphatic heterocycles. The van der Waals surface area contributed by atoms with Gasteiger partial charge in [-0.15, -0.1) is 10.2 Å². The standard InChI is InChI=1S/C10H11ClN4O/c11-8-4-12-5-9-13-14-10(15(8)9)7-2-1-3-16-6-7/h4-5,7H,1-3,6H2. The van der Waals surface area contributed by atoms with Crippen LogP contribution in [0.5, 0.6) is 0 Å². The number of hydrogen-bond acceptors (Lipinski definition) is 4. The van der Waals surface area contributed by atoms with E-state index in [9.17, 15) is 0 Å². The molecule has 3 heterocycles. The summed E-state index contributed by atoms with van der Waals surface area (Å²) in [7, 11) is 0. The summed E-state index contributed by atoms with van der Waals surface area (Å²) in [5, 5.41) is 8.80. The summed E-state index contributed by atoms with van der Waals surface area (Å²) in [5.74, 6) is 1.16. The minimum atomic E-state index is 0.281. The van der Waals surface area contributed by atoms with E-state index in [0.717, 1.165) is 25.3 Å². The molecular weight excluding hydrogens is 228 g/mol. The third-order valence-electron chi connectivity index (χ3n) is 2.82. The van der Waals surface area contributed by atoms with E-state index in [1.54, 1.807) is 12.4 Å². The van der Waals surface area contributed by atoms with Gasteiger partial charge in [-0.1, -0.05) is 11.6 Å². The topological polar surface area (TPSA) is 52.3 Å². The molecule has 1 saturated heterocycles. The third kappa shape index (κ3) is 1.56. The van der Waals surface area contributed by atoms with E-state index in [1.807, 2.05) is 4.40 Å². The van der Waals surface area contributed by atoms with Crippen LogP contribution in [-0.2, 0) is 4.74 Å². The van der Waals surface area contributed by atoms with Crippen molar-refractivity contribution in [2.45, 2.75) is 18.8 Å². The van der Waals surface area contributed by atoms with Crippen LogP contribution in [0.3, 0.4) is 0 Å². The van der Waals surface area contributed by atoms with Crippen LogP contribution in [0.25, 0.3) is 5.65 Å². The molecule has 6 heteroatoms. The maximum absolute atomic E-state index is 6.10. The van der Waals surface area contributed by atoms with Gasteiger partial charge in [0.1, 0.15) is 11.0 Å². The van der Waals surface area contributed by atoms with E-state index in [1.165, 1.54) is 0 Å². The molecule has 0 amide bonds. The Bertz CT molecular complexity index is 506. The molecule has 0 aliphatic carbocycles. The Morgan fingerprint density at radius 1 is 1.38 bits per heavy atom. The zero-order chi connectivity index (χ0) is 11.0. The highest BCUT2D eigenvalue weighted by atomic mass is 35.5. The predicted molar refractivity (Wildman–Crippen MR) is 58.6 cm³/mol. The van der Waals surface area contributed by atoms with Crippen LogP contribution in [-0.4, -0.2) is 32.8 Å². The summed E-state index contributed by atoms with van der Waals surface area (Å²) < 4.78 is 7.30. The highest BCUT2D eigenvalue weighted by molar-refractivity contribution is 6.29. The fraction of sp³-hybridized carbons (Fsp3) is 0.500. The number of nitrogens with zero attached hydrogens (tertiary/aromatic N) is 4. The van der Waals surface area contributed by atoms with Crippen LogP contribution >= 0.6 is 11.6 Å². The van der Waals surface area contributed by atoms with Gasteiger partial charge in [-0.25, -0.2) is 0 Å². The molecule has 2 aromatic rings. The van der Waals surface area contributed by atoms with E-state index in [4.69, 9.17) is 16.3 Å². The van der Waals surface area contributed by atoms with Gasteiger partial charge in [0.2, 0.25) is 0 Å². The van der Waals surface area contributed by atoms with Gasteiger partial charge < -0.3 is 4.74 Å². The normalized spacial score (nSPS) is 21.4. The Kier molecular flexibility index (Phi) is 2.49. The zero-order valence-corrected chi connectivity index (χ0v) is 9.39. The van der Waals surface area contributed by atoms with Crippen LogP contribution in [0.1, 0.15) is 24.6 Å². The second-order valence-electron chi connectivity index (χ2n) is 3.90. The average molecular weight is 239 g/mol. The Hall–Kier alpha value is -1.20. The molecule has 1 aliphatic rings. The molecule has 1 atom stereocenters. The van der Waals surface area contributed by atoms with Gasteiger partial charge in [-0.05, 0) is 12.8 Å². The van der Waals surface area contributed by atoms with E-state index < -0.39 is 0 Å². The van der Waals surface area contributed by atoms with E-state index >= 15 is 0 Å². The number of aromatic nitrogens is 4. The molecule has 0 aromatic carbocycles. The quantitative estimate of drug-likeness (QED) is 0.759. The molecule has 0 bridgehead atoms. The molecule has 0 saturated carbocycles. The average Bonchev–Trinajstić information content (AvgIpc) is 2.75. The molecule has 2 aromatic heterocycles. The molecule has 0 radical (unpaired) electrons. The Morgan fingerprint density at radius 3 is 3.12 bits per heavy atom. The molecule has 0 N–H and O–H groups in total. The summed E-state index contributed by atoms with van der Waals surface area (Å²) in [4.78, 5) is 3.98. The molecule has 84 valence electrons. The van der Waals surface area contributed by atoms with E-state index in [-0.39, 0.29) is 5.92 Å². The van der Waals surface area contributed by atoms with E-state index in [2.05, 4.69) is 15.2 Å². The van der Waals surface area contributed by atoms with Crippen molar-refractivity contribution >= 4 is 17.2 Å². The van der Waals surface area contributed by atoms with Gasteiger partial charge in [-0.3, -0.25) is 9.38 Å². The van der Waals surface area contributed by atoms with E-state index in [0.29, 0.717) is 17.4 Å². The summed E-state index contributed by atoms with van der Waals surface area (Å²) in [6.45, 7) is 1.53. The second-order valence-corrected chi connectivity index (χ2v) is 4.28. The molecule has 0 spiro atoms. The Morgan fingerprint density at radius 2 is 2.31 bits per heavy atom. The summed E-state index contributed by atoms with van der Waals surface area (Å²) >= 11 is 6.10. The Balaban J connectivity index is 2.09. The summed E-state index contributed by atoms with van der Waals surface area (Å²) in [6.07, 6.45) is 5.39. The maximum Gasteiger partial charge on any atom is 0.180 e. The first-order valence-electron chi connectivity index (χ1n) is 5.28. The van der Waals surface area contributed by atoms with Gasteiger partial charge in [-0.2, -0.15) is 0 Å². The van der Waals surface area contributed by atoms with Gasteiger partial charge in [0.15, 0.2) is 5.65 Å². The minimum absolute atomic E-state index is 0.281. The van der Waals surface area contributed by atoms with Gasteiger partial charge in [0.25, 0.3) is 0 Å². The summed E-state index contributed by atoms with van der Waals surface area (Å²) in [6, 6.07) is 0. The predicted octanol–water partition coefficient (Wildman–Crippen LogP) is 1.67. The van der Waals surface area contributed by atoms with Crippen molar-refractivity contribution in [1.82, 2.24) is 19.6 Å². The van der Waals surface area contributed by atoms with Crippen molar-refractivity contribution < 1.29 is 4.74 Å². The number of halogens is 1. The van der Waals surface area contributed by atoms with Crippen LogP contribution in [0, 0.1) is 0 Å². The molecule has 1 unspecified atom stereocenters. The largest absolute Gasteiger partial charge is 0.381 e.